The van der Waals surface area contributed by atoms with E-state index in [0.29, 0.717) is 11.1 Å². The van der Waals surface area contributed by atoms with Crippen LogP contribution >= 0.6 is 0 Å². The fourth-order valence-corrected chi connectivity index (χ4v) is 2.98. The standard InChI is InChI=1S/C19H17NO3/c1-11-10-15(19(22)23-2)17(20)18(21)16(11)14-9-5-7-12-6-3-4-8-13(12)14/h3-10,17H,20H2,1-2H3. The zero-order chi connectivity index (χ0) is 16.6. The molecular formula is C19H17NO3. The molecule has 4 nitrogen and oxygen atoms in total. The zero-order valence-corrected chi connectivity index (χ0v) is 13.0. The molecule has 0 spiro atoms. The van der Waals surface area contributed by atoms with E-state index in [1.165, 1.54) is 7.11 Å². The number of nitrogens with two attached hydrogens (primary N) is 1. The second-order valence-electron chi connectivity index (χ2n) is 5.52. The van der Waals surface area contributed by atoms with Gasteiger partial charge in [-0.1, -0.05) is 42.5 Å². The highest BCUT2D eigenvalue weighted by Crippen LogP contribution is 2.33. The maximum atomic E-state index is 12.8. The largest absolute Gasteiger partial charge is 0.466 e. The average Bonchev–Trinajstić information content (AvgIpc) is 2.57. The summed E-state index contributed by atoms with van der Waals surface area (Å²) >= 11 is 0. The lowest BCUT2D eigenvalue weighted by Gasteiger charge is -2.22. The number of allylic oxidation sites excluding steroid dienone is 2. The van der Waals surface area contributed by atoms with Crippen molar-refractivity contribution < 1.29 is 14.3 Å². The summed E-state index contributed by atoms with van der Waals surface area (Å²) in [6.45, 7) is 1.81. The molecule has 1 unspecified atom stereocenters. The zero-order valence-electron chi connectivity index (χ0n) is 13.0. The number of carbonyl (C=O) groups excluding carboxylic acids is 2. The number of hydrogen-bond acceptors (Lipinski definition) is 4. The third-order valence-corrected chi connectivity index (χ3v) is 4.11. The van der Waals surface area contributed by atoms with Gasteiger partial charge in [0.2, 0.25) is 0 Å². The van der Waals surface area contributed by atoms with Crippen LogP contribution in [0.1, 0.15) is 12.5 Å². The van der Waals surface area contributed by atoms with E-state index in [4.69, 9.17) is 10.5 Å². The molecule has 2 aromatic carbocycles. The maximum Gasteiger partial charge on any atom is 0.335 e. The van der Waals surface area contributed by atoms with E-state index in [1.807, 2.05) is 49.4 Å². The lowest BCUT2D eigenvalue weighted by molar-refractivity contribution is -0.137. The fourth-order valence-electron chi connectivity index (χ4n) is 2.98. The summed E-state index contributed by atoms with van der Waals surface area (Å²) in [5, 5.41) is 2.04. The minimum atomic E-state index is -1.000. The highest BCUT2D eigenvalue weighted by molar-refractivity contribution is 6.30. The van der Waals surface area contributed by atoms with Crippen molar-refractivity contribution in [1.29, 1.82) is 0 Å². The van der Waals surface area contributed by atoms with Crippen molar-refractivity contribution in [3.8, 4) is 0 Å². The molecule has 0 bridgehead atoms. The van der Waals surface area contributed by atoms with Gasteiger partial charge in [0.25, 0.3) is 0 Å². The molecule has 0 saturated heterocycles. The van der Waals surface area contributed by atoms with Gasteiger partial charge in [-0.15, -0.1) is 0 Å². The number of carbonyl (C=O) groups is 2. The molecule has 1 aliphatic rings. The summed E-state index contributed by atoms with van der Waals surface area (Å²) in [5.41, 5.74) is 8.28. The second kappa shape index (κ2) is 5.82. The second-order valence-corrected chi connectivity index (χ2v) is 5.52. The Kier molecular flexibility index (Phi) is 3.84. The number of ether oxygens (including phenoxy) is 1. The molecule has 2 aromatic rings. The molecule has 3 rings (SSSR count). The number of rotatable bonds is 2. The van der Waals surface area contributed by atoms with Crippen LogP contribution in [-0.4, -0.2) is 24.9 Å². The molecule has 4 heteroatoms. The summed E-state index contributed by atoms with van der Waals surface area (Å²) < 4.78 is 4.71. The first-order chi connectivity index (χ1) is 11.0. The van der Waals surface area contributed by atoms with E-state index in [9.17, 15) is 9.59 Å². The summed E-state index contributed by atoms with van der Waals surface area (Å²) in [7, 11) is 1.28. The van der Waals surface area contributed by atoms with E-state index in [-0.39, 0.29) is 11.4 Å². The minimum Gasteiger partial charge on any atom is -0.466 e. The van der Waals surface area contributed by atoms with Crippen LogP contribution in [0, 0.1) is 0 Å². The Labute approximate surface area is 134 Å². The number of hydrogen-bond donors (Lipinski definition) is 1. The van der Waals surface area contributed by atoms with Gasteiger partial charge in [-0.25, -0.2) is 4.79 Å². The third-order valence-electron chi connectivity index (χ3n) is 4.11. The molecule has 2 N–H and O–H groups in total. The maximum absolute atomic E-state index is 12.8. The molecule has 0 aromatic heterocycles. The first kappa shape index (κ1) is 15.2. The highest BCUT2D eigenvalue weighted by Gasteiger charge is 2.32. The van der Waals surface area contributed by atoms with Gasteiger partial charge in [-0.05, 0) is 34.9 Å². The molecule has 0 radical (unpaired) electrons. The van der Waals surface area contributed by atoms with Gasteiger partial charge in [0.1, 0.15) is 6.04 Å². The van der Waals surface area contributed by atoms with Crippen molar-refractivity contribution in [2.24, 2.45) is 5.73 Å². The van der Waals surface area contributed by atoms with E-state index >= 15 is 0 Å². The number of Topliss-reactive ketones (excluding diaryl/α,β-unsaturated/α-hetero) is 1. The van der Waals surface area contributed by atoms with Crippen LogP contribution in [0.2, 0.25) is 0 Å². The van der Waals surface area contributed by atoms with Crippen LogP contribution < -0.4 is 5.73 Å². The molecule has 0 fully saturated rings. The fraction of sp³-hybridized carbons (Fsp3) is 0.158. The van der Waals surface area contributed by atoms with E-state index in [2.05, 4.69) is 0 Å². The Hall–Kier alpha value is -2.72. The highest BCUT2D eigenvalue weighted by atomic mass is 16.5. The summed E-state index contributed by atoms with van der Waals surface area (Å²) in [6, 6.07) is 12.7. The normalized spacial score (nSPS) is 18.1. The minimum absolute atomic E-state index is 0.194. The van der Waals surface area contributed by atoms with Crippen LogP contribution in [0.25, 0.3) is 16.3 Å². The van der Waals surface area contributed by atoms with Crippen LogP contribution in [0.3, 0.4) is 0 Å². The SMILES string of the molecule is COC(=O)C1=CC(C)=C(c2cccc3ccccc23)C(=O)C1N. The van der Waals surface area contributed by atoms with Gasteiger partial charge in [0.15, 0.2) is 5.78 Å². The van der Waals surface area contributed by atoms with Crippen LogP contribution in [-0.2, 0) is 14.3 Å². The van der Waals surface area contributed by atoms with Gasteiger partial charge in [0.05, 0.1) is 12.7 Å². The van der Waals surface area contributed by atoms with Gasteiger partial charge >= 0.3 is 5.97 Å². The van der Waals surface area contributed by atoms with E-state index in [0.717, 1.165) is 16.3 Å². The average molecular weight is 307 g/mol. The lowest BCUT2D eigenvalue weighted by atomic mass is 9.83. The van der Waals surface area contributed by atoms with Crippen LogP contribution in [0.5, 0.6) is 0 Å². The molecule has 1 aliphatic carbocycles. The smallest absolute Gasteiger partial charge is 0.335 e. The van der Waals surface area contributed by atoms with Crippen LogP contribution in [0.15, 0.2) is 59.7 Å². The van der Waals surface area contributed by atoms with E-state index in [1.54, 1.807) is 6.08 Å². The number of esters is 1. The van der Waals surface area contributed by atoms with Crippen molar-refractivity contribution in [3.63, 3.8) is 0 Å². The summed E-state index contributed by atoms with van der Waals surface area (Å²) in [5.74, 6) is -0.830. The van der Waals surface area contributed by atoms with Crippen molar-refractivity contribution in [3.05, 3.63) is 65.3 Å². The van der Waals surface area contributed by atoms with Crippen molar-refractivity contribution in [1.82, 2.24) is 0 Å². The Balaban J connectivity index is 2.24. The van der Waals surface area contributed by atoms with Gasteiger partial charge in [0, 0.05) is 5.57 Å². The van der Waals surface area contributed by atoms with Gasteiger partial charge < -0.3 is 10.5 Å². The lowest BCUT2D eigenvalue weighted by Crippen LogP contribution is -2.39. The van der Waals surface area contributed by atoms with Gasteiger partial charge in [-0.2, -0.15) is 0 Å². The van der Waals surface area contributed by atoms with Crippen molar-refractivity contribution in [2.75, 3.05) is 7.11 Å². The predicted octanol–water partition coefficient (Wildman–Crippen LogP) is 2.62. The molecule has 116 valence electrons. The Morgan fingerprint density at radius 3 is 2.57 bits per heavy atom. The molecule has 0 amide bonds. The monoisotopic (exact) mass is 307 g/mol. The molecule has 23 heavy (non-hydrogen) atoms. The first-order valence-corrected chi connectivity index (χ1v) is 7.33. The van der Waals surface area contributed by atoms with Crippen molar-refractivity contribution >= 4 is 28.1 Å². The first-order valence-electron chi connectivity index (χ1n) is 7.33. The Bertz CT molecular complexity index is 872. The van der Waals surface area contributed by atoms with Gasteiger partial charge in [-0.3, -0.25) is 4.79 Å². The summed E-state index contributed by atoms with van der Waals surface area (Å²) in [4.78, 5) is 24.6. The number of ketones is 1. The van der Waals surface area contributed by atoms with Crippen molar-refractivity contribution in [2.45, 2.75) is 13.0 Å². The molecule has 0 aliphatic heterocycles. The number of benzene rings is 2. The molecule has 1 atom stereocenters. The molecule has 0 saturated carbocycles. The Morgan fingerprint density at radius 1 is 1.13 bits per heavy atom. The number of fused-ring (bicyclic) bond motifs is 1. The summed E-state index contributed by atoms with van der Waals surface area (Å²) in [6.07, 6.45) is 1.65. The molecular weight excluding hydrogens is 290 g/mol. The third kappa shape index (κ3) is 2.47. The van der Waals surface area contributed by atoms with E-state index < -0.39 is 12.0 Å². The topological polar surface area (TPSA) is 69.4 Å². The number of methoxy groups -OCH3 is 1. The van der Waals surface area contributed by atoms with Crippen LogP contribution in [0.4, 0.5) is 0 Å². The predicted molar refractivity (Wildman–Crippen MR) is 89.6 cm³/mol. The molecule has 0 heterocycles. The quantitative estimate of drug-likeness (QED) is 0.866. The Morgan fingerprint density at radius 2 is 1.83 bits per heavy atom.